The van der Waals surface area contributed by atoms with E-state index in [1.165, 1.54) is 66.6 Å². The van der Waals surface area contributed by atoms with Crippen LogP contribution in [0.4, 0.5) is 50.2 Å². The Morgan fingerprint density at radius 3 is 1.26 bits per heavy atom. The third kappa shape index (κ3) is 9.91. The molecule has 254 valence electrons. The van der Waals surface area contributed by atoms with E-state index in [4.69, 9.17) is 18.9 Å². The molecule has 0 spiro atoms. The number of rotatable bonds is 12. The van der Waals surface area contributed by atoms with Gasteiger partial charge in [0.15, 0.2) is 0 Å². The highest BCUT2D eigenvalue weighted by molar-refractivity contribution is 9.09. The zero-order valence-corrected chi connectivity index (χ0v) is 28.6. The van der Waals surface area contributed by atoms with Crippen molar-refractivity contribution >= 4 is 63.7 Å². The van der Waals surface area contributed by atoms with Crippen LogP contribution < -0.4 is 10.2 Å². The summed E-state index contributed by atoms with van der Waals surface area (Å²) in [4.78, 5) is -2.70. The van der Waals surface area contributed by atoms with Gasteiger partial charge in [-0.2, -0.15) is 0 Å². The summed E-state index contributed by atoms with van der Waals surface area (Å²) in [6, 6.07) is 4.03. The summed E-state index contributed by atoms with van der Waals surface area (Å²) in [7, 11) is -10.6. The molecular formula is C23H32Br2F10N2O4S2. The average molecular weight is 814 g/mol. The van der Waals surface area contributed by atoms with Gasteiger partial charge in [-0.05, 0) is 36.4 Å². The molecule has 0 bridgehead atoms. The number of halogens is 12. The van der Waals surface area contributed by atoms with Crippen molar-refractivity contribution in [2.75, 3.05) is 70.5 Å². The molecule has 43 heavy (non-hydrogen) atoms. The summed E-state index contributed by atoms with van der Waals surface area (Å²) in [5.74, 6) is -3.21. The van der Waals surface area contributed by atoms with E-state index in [2.05, 4.69) is 37.2 Å². The number of nitrogens with zero attached hydrogens (tertiary/aromatic N) is 1. The molecule has 0 heterocycles. The van der Waals surface area contributed by atoms with E-state index in [9.17, 15) is 38.9 Å². The fourth-order valence-corrected chi connectivity index (χ4v) is 6.44. The van der Waals surface area contributed by atoms with Gasteiger partial charge < -0.3 is 29.2 Å². The fourth-order valence-electron chi connectivity index (χ4n) is 3.48. The van der Waals surface area contributed by atoms with Gasteiger partial charge in [0.25, 0.3) is 0 Å². The molecule has 0 radical (unpaired) electrons. The number of anilines is 2. The molecular weight excluding hydrogens is 782 g/mol. The Hall–Kier alpha value is -1.16. The Kier molecular flexibility index (Phi) is 10.7. The topological polar surface area (TPSA) is 52.2 Å². The third-order valence-corrected chi connectivity index (χ3v) is 9.77. The molecule has 2 aromatic rings. The maximum atomic E-state index is 13.2. The number of nitrogens with one attached hydrogen (secondary N) is 1. The molecule has 0 saturated carbocycles. The average Bonchev–Trinajstić information content (AvgIpc) is 2.89. The van der Waals surface area contributed by atoms with Crippen molar-refractivity contribution < 1.29 is 57.8 Å². The first-order valence-corrected chi connectivity index (χ1v) is 17.6. The van der Waals surface area contributed by atoms with Crippen molar-refractivity contribution in [3.05, 3.63) is 47.5 Å². The molecule has 0 aliphatic rings. The minimum absolute atomic E-state index is 0.0381. The highest BCUT2D eigenvalue weighted by Gasteiger charge is 2.66. The smallest absolute Gasteiger partial charge is 0.310 e. The Labute approximate surface area is 260 Å². The highest BCUT2D eigenvalue weighted by atomic mass is 79.9. The van der Waals surface area contributed by atoms with Crippen LogP contribution in [0.15, 0.2) is 46.2 Å². The van der Waals surface area contributed by atoms with E-state index < -0.39 is 41.8 Å². The fraction of sp³-hybridized carbons (Fsp3) is 0.478. The zero-order chi connectivity index (χ0) is 34.1. The number of methoxy groups -OCH3 is 4. The van der Waals surface area contributed by atoms with Gasteiger partial charge in [-0.1, -0.05) is 70.7 Å². The van der Waals surface area contributed by atoms with Crippen molar-refractivity contribution in [3.63, 3.8) is 0 Å². The summed E-state index contributed by atoms with van der Waals surface area (Å²) in [5.41, 5.74) is -0.515. The third-order valence-electron chi connectivity index (χ3n) is 6.04. The van der Waals surface area contributed by atoms with E-state index >= 15 is 0 Å². The Bertz CT molecular complexity index is 1280. The predicted molar refractivity (Wildman–Crippen MR) is 159 cm³/mol. The van der Waals surface area contributed by atoms with Crippen LogP contribution in [0.3, 0.4) is 0 Å². The first-order chi connectivity index (χ1) is 19.0. The van der Waals surface area contributed by atoms with Crippen molar-refractivity contribution in [3.8, 4) is 0 Å². The van der Waals surface area contributed by atoms with Crippen LogP contribution in [0.25, 0.3) is 0 Å². The molecule has 0 aromatic heterocycles. The van der Waals surface area contributed by atoms with Gasteiger partial charge in [0.1, 0.15) is 9.79 Å². The van der Waals surface area contributed by atoms with Gasteiger partial charge in [0.05, 0.1) is 10.7 Å². The molecule has 1 N–H and O–H groups in total. The first-order valence-electron chi connectivity index (χ1n) is 11.5. The lowest BCUT2D eigenvalue weighted by Gasteiger charge is -2.42. The maximum absolute atomic E-state index is 13.2. The SMILES string of the molecule is CNc1cc(C(CBr)(OC)OC)cc(S(F)(F)(F)(F)F)c1.COC(CBr)(OC)c1cc(N(C)C)cc(S(F)(F)(F)(F)F)c1. The first kappa shape index (κ1) is 39.9. The van der Waals surface area contributed by atoms with Crippen LogP contribution in [-0.2, 0) is 30.5 Å². The number of alkyl halides is 2. The molecule has 0 saturated heterocycles. The summed E-state index contributed by atoms with van der Waals surface area (Å²) in [6.45, 7) is 0. The second-order valence-electron chi connectivity index (χ2n) is 9.13. The molecule has 2 aromatic carbocycles. The van der Waals surface area contributed by atoms with Crippen LogP contribution in [0, 0.1) is 0 Å². The lowest BCUT2D eigenvalue weighted by molar-refractivity contribution is -0.197. The molecule has 0 aliphatic heterocycles. The lowest BCUT2D eigenvalue weighted by Crippen LogP contribution is -2.33. The van der Waals surface area contributed by atoms with Gasteiger partial charge in [0, 0.05) is 72.1 Å². The summed E-state index contributed by atoms with van der Waals surface area (Å²) in [6.07, 6.45) is 0. The Morgan fingerprint density at radius 1 is 0.628 bits per heavy atom. The van der Waals surface area contributed by atoms with Crippen molar-refractivity contribution in [2.45, 2.75) is 21.4 Å². The summed E-state index contributed by atoms with van der Waals surface area (Å²) < 4.78 is 151. The van der Waals surface area contributed by atoms with Crippen LogP contribution >= 0.6 is 52.3 Å². The van der Waals surface area contributed by atoms with Gasteiger partial charge in [-0.15, -0.1) is 0 Å². The molecule has 0 atom stereocenters. The molecule has 0 unspecified atom stereocenters. The van der Waals surface area contributed by atoms with Gasteiger partial charge in [-0.25, -0.2) is 0 Å². The lowest BCUT2D eigenvalue weighted by atomic mass is 10.1. The normalized spacial score (nSPS) is 16.2. The van der Waals surface area contributed by atoms with Crippen molar-refractivity contribution in [2.24, 2.45) is 0 Å². The Balaban J connectivity index is 0.000000430. The second kappa shape index (κ2) is 11.6. The predicted octanol–water partition coefficient (Wildman–Crippen LogP) is 10.5. The molecule has 0 fully saturated rings. The van der Waals surface area contributed by atoms with E-state index in [-0.39, 0.29) is 33.2 Å². The van der Waals surface area contributed by atoms with Gasteiger partial charge in [-0.3, -0.25) is 0 Å². The quantitative estimate of drug-likeness (QED) is 0.131. The van der Waals surface area contributed by atoms with E-state index in [0.717, 1.165) is 0 Å². The van der Waals surface area contributed by atoms with E-state index in [0.29, 0.717) is 24.3 Å². The summed E-state index contributed by atoms with van der Waals surface area (Å²) >= 11 is 6.12. The molecule has 6 nitrogen and oxygen atoms in total. The standard InChI is InChI=1S/C12H17BrF5NO2S.C11H15BrF5NO2S/c1-19(2)10-5-9(12(8-13,20-3)21-4)6-11(7-10)22(14,15,16,17)18;1-18-9-4-8(11(7-12,19-2)20-3)5-10(6-9)21(13,14,15,16)17/h5-7H,8H2,1-4H3;4-6,18H,7H2,1-3H3. The molecule has 0 aliphatic carbocycles. The van der Waals surface area contributed by atoms with Crippen molar-refractivity contribution in [1.82, 2.24) is 0 Å². The van der Waals surface area contributed by atoms with E-state index in [1.807, 2.05) is 0 Å². The second-order valence-corrected chi connectivity index (χ2v) is 15.1. The highest BCUT2D eigenvalue weighted by Crippen LogP contribution is 3.03. The monoisotopic (exact) mass is 812 g/mol. The number of hydrogen-bond acceptors (Lipinski definition) is 6. The summed E-state index contributed by atoms with van der Waals surface area (Å²) in [5, 5.41) is 2.34. The maximum Gasteiger partial charge on any atom is 0.310 e. The van der Waals surface area contributed by atoms with Crippen LogP contribution in [0.1, 0.15) is 11.1 Å². The van der Waals surface area contributed by atoms with Crippen LogP contribution in [-0.4, -0.2) is 60.2 Å². The minimum Gasteiger partial charge on any atom is -0.388 e. The van der Waals surface area contributed by atoms with Crippen LogP contribution in [0.5, 0.6) is 0 Å². The Morgan fingerprint density at radius 2 is 0.977 bits per heavy atom. The zero-order valence-electron chi connectivity index (χ0n) is 23.8. The minimum atomic E-state index is -9.83. The number of hydrogen-bond donors (Lipinski definition) is 1. The molecule has 20 heteroatoms. The van der Waals surface area contributed by atoms with Gasteiger partial charge >= 0.3 is 20.4 Å². The van der Waals surface area contributed by atoms with Gasteiger partial charge in [0.2, 0.25) is 11.6 Å². The largest absolute Gasteiger partial charge is 0.388 e. The molecule has 0 amide bonds. The molecule has 2 rings (SSSR count). The van der Waals surface area contributed by atoms with Crippen LogP contribution in [0.2, 0.25) is 0 Å². The number of ether oxygens (including phenoxy) is 4. The number of benzene rings is 2. The van der Waals surface area contributed by atoms with E-state index in [1.54, 1.807) is 0 Å². The van der Waals surface area contributed by atoms with Crippen molar-refractivity contribution in [1.29, 1.82) is 0 Å².